The van der Waals surface area contributed by atoms with Crippen molar-refractivity contribution in [2.24, 2.45) is 0 Å². The Labute approximate surface area is 104 Å². The summed E-state index contributed by atoms with van der Waals surface area (Å²) in [5.74, 6) is 0. The minimum absolute atomic E-state index is 0.277. The third kappa shape index (κ3) is 1.53. The number of hydrogen-bond donors (Lipinski definition) is 1. The van der Waals surface area contributed by atoms with Crippen LogP contribution in [0.4, 0.5) is 5.69 Å². The number of benzene rings is 2. The van der Waals surface area contributed by atoms with Gasteiger partial charge in [-0.3, -0.25) is 4.79 Å². The molecule has 0 saturated heterocycles. The lowest BCUT2D eigenvalue weighted by molar-refractivity contribution is -0.104. The number of carbonyl (C=O) groups excluding carboxylic acids is 1. The van der Waals surface area contributed by atoms with Crippen molar-refractivity contribution in [3.8, 4) is 0 Å². The molecule has 17 heavy (non-hydrogen) atoms. The van der Waals surface area contributed by atoms with E-state index in [1.54, 1.807) is 0 Å². The summed E-state index contributed by atoms with van der Waals surface area (Å²) in [5.41, 5.74) is 2.78. The summed E-state index contributed by atoms with van der Waals surface area (Å²) < 4.78 is 0. The van der Waals surface area contributed by atoms with Crippen LogP contribution in [0, 0.1) is 0 Å². The molecule has 2 nitrogen and oxygen atoms in total. The fraction of sp³-hybridized carbons (Fsp3) is 0.0714. The van der Waals surface area contributed by atoms with Crippen LogP contribution in [0.25, 0.3) is 10.8 Å². The molecule has 84 valence electrons. The zero-order chi connectivity index (χ0) is 11.8. The highest BCUT2D eigenvalue weighted by molar-refractivity contribution is 6.25. The second kappa shape index (κ2) is 3.90. The van der Waals surface area contributed by atoms with Gasteiger partial charge in [0, 0.05) is 16.9 Å². The average Bonchev–Trinajstić information content (AvgIpc) is 2.67. The van der Waals surface area contributed by atoms with E-state index in [2.05, 4.69) is 23.5 Å². The van der Waals surface area contributed by atoms with Crippen LogP contribution in [0.3, 0.4) is 0 Å². The normalized spacial score (nSPS) is 20.3. The van der Waals surface area contributed by atoms with Crippen LogP contribution in [0.5, 0.6) is 0 Å². The Morgan fingerprint density at radius 3 is 2.82 bits per heavy atom. The first-order valence-corrected chi connectivity index (χ1v) is 5.83. The molecule has 1 aliphatic rings. The maximum atomic E-state index is 10.5. The number of allylic oxidation sites excluding steroid dienone is 2. The Hall–Kier alpha value is -1.80. The van der Waals surface area contributed by atoms with E-state index in [0.717, 1.165) is 34.0 Å². The Morgan fingerprint density at radius 2 is 2.00 bits per heavy atom. The molecule has 0 bridgehead atoms. The van der Waals surface area contributed by atoms with Gasteiger partial charge in [0.1, 0.15) is 11.7 Å². The number of nitrogens with one attached hydrogen (secondary N) is 1. The summed E-state index contributed by atoms with van der Waals surface area (Å²) in [6.07, 6.45) is 2.23. The van der Waals surface area contributed by atoms with Crippen LogP contribution in [-0.4, -0.2) is 6.29 Å². The SMILES string of the molecule is O=CC=C1Nc2ccc3ccccc3c2C1Cl. The van der Waals surface area contributed by atoms with Gasteiger partial charge in [-0.05, 0) is 22.9 Å². The highest BCUT2D eigenvalue weighted by atomic mass is 35.5. The number of rotatable bonds is 1. The number of hydrogen-bond acceptors (Lipinski definition) is 2. The molecular weight excluding hydrogens is 234 g/mol. The van der Waals surface area contributed by atoms with Crippen molar-refractivity contribution in [2.45, 2.75) is 5.38 Å². The van der Waals surface area contributed by atoms with Crippen LogP contribution < -0.4 is 5.32 Å². The molecule has 1 atom stereocenters. The lowest BCUT2D eigenvalue weighted by atomic mass is 10.0. The Kier molecular flexibility index (Phi) is 2.37. The van der Waals surface area contributed by atoms with E-state index in [-0.39, 0.29) is 5.38 Å². The molecule has 0 fully saturated rings. The molecule has 1 heterocycles. The van der Waals surface area contributed by atoms with Crippen LogP contribution in [-0.2, 0) is 4.79 Å². The number of halogens is 1. The number of alkyl halides is 1. The van der Waals surface area contributed by atoms with Gasteiger partial charge in [-0.15, -0.1) is 11.6 Å². The lowest BCUT2D eigenvalue weighted by Crippen LogP contribution is -1.94. The minimum atomic E-state index is -0.277. The zero-order valence-corrected chi connectivity index (χ0v) is 9.74. The molecule has 1 aliphatic heterocycles. The third-order valence-electron chi connectivity index (χ3n) is 3.02. The molecule has 3 heteroatoms. The van der Waals surface area contributed by atoms with Gasteiger partial charge >= 0.3 is 0 Å². The number of carbonyl (C=O) groups is 1. The molecule has 0 saturated carbocycles. The molecule has 0 amide bonds. The van der Waals surface area contributed by atoms with E-state index in [1.807, 2.05) is 18.2 Å². The van der Waals surface area contributed by atoms with Crippen molar-refractivity contribution in [1.29, 1.82) is 0 Å². The van der Waals surface area contributed by atoms with E-state index in [0.29, 0.717) is 0 Å². The van der Waals surface area contributed by atoms with Gasteiger partial charge in [0.05, 0.1) is 0 Å². The first-order chi connectivity index (χ1) is 8.31. The van der Waals surface area contributed by atoms with Gasteiger partial charge in [0.15, 0.2) is 0 Å². The number of fused-ring (bicyclic) bond motifs is 3. The van der Waals surface area contributed by atoms with Crippen molar-refractivity contribution in [3.63, 3.8) is 0 Å². The molecule has 0 aromatic heterocycles. The molecule has 1 N–H and O–H groups in total. The summed E-state index contributed by atoms with van der Waals surface area (Å²) in [5, 5.41) is 5.19. The van der Waals surface area contributed by atoms with Crippen LogP contribution in [0.2, 0.25) is 0 Å². The van der Waals surface area contributed by atoms with E-state index in [4.69, 9.17) is 11.6 Å². The van der Waals surface area contributed by atoms with Gasteiger partial charge < -0.3 is 5.32 Å². The maximum Gasteiger partial charge on any atom is 0.144 e. The van der Waals surface area contributed by atoms with Gasteiger partial charge in [-0.2, -0.15) is 0 Å². The van der Waals surface area contributed by atoms with Crippen LogP contribution >= 0.6 is 11.6 Å². The van der Waals surface area contributed by atoms with Crippen molar-refractivity contribution in [2.75, 3.05) is 5.32 Å². The second-order valence-corrected chi connectivity index (χ2v) is 4.43. The average molecular weight is 244 g/mol. The monoisotopic (exact) mass is 243 g/mol. The number of aldehydes is 1. The standard InChI is InChI=1S/C14H10ClNO/c15-14-12(7-8-17)16-11-6-5-9-3-1-2-4-10(9)13(11)14/h1-8,14,16H. The highest BCUT2D eigenvalue weighted by Gasteiger charge is 2.26. The molecule has 1 unspecified atom stereocenters. The van der Waals surface area contributed by atoms with Gasteiger partial charge in [0.2, 0.25) is 0 Å². The first-order valence-electron chi connectivity index (χ1n) is 5.39. The largest absolute Gasteiger partial charge is 0.357 e. The zero-order valence-electron chi connectivity index (χ0n) is 8.98. The van der Waals surface area contributed by atoms with Crippen molar-refractivity contribution in [1.82, 2.24) is 0 Å². The molecular formula is C14H10ClNO. The van der Waals surface area contributed by atoms with E-state index < -0.39 is 0 Å². The first kappa shape index (κ1) is 10.4. The quantitative estimate of drug-likeness (QED) is 0.471. The fourth-order valence-electron chi connectivity index (χ4n) is 2.25. The fourth-order valence-corrected chi connectivity index (χ4v) is 2.61. The second-order valence-electron chi connectivity index (χ2n) is 3.99. The molecule has 0 aliphatic carbocycles. The molecule has 3 rings (SSSR count). The summed E-state index contributed by atoms with van der Waals surface area (Å²) in [6.45, 7) is 0. The van der Waals surface area contributed by atoms with Crippen molar-refractivity contribution in [3.05, 3.63) is 53.7 Å². The van der Waals surface area contributed by atoms with Crippen LogP contribution in [0.1, 0.15) is 10.9 Å². The Morgan fingerprint density at radius 1 is 1.18 bits per heavy atom. The van der Waals surface area contributed by atoms with E-state index in [1.165, 1.54) is 6.08 Å². The predicted molar refractivity (Wildman–Crippen MR) is 70.3 cm³/mol. The summed E-state index contributed by atoms with van der Waals surface area (Å²) >= 11 is 6.38. The smallest absolute Gasteiger partial charge is 0.144 e. The summed E-state index contributed by atoms with van der Waals surface area (Å²) in [6, 6.07) is 12.2. The van der Waals surface area contributed by atoms with Gasteiger partial charge in [-0.25, -0.2) is 0 Å². The highest BCUT2D eigenvalue weighted by Crippen LogP contribution is 2.44. The van der Waals surface area contributed by atoms with Crippen LogP contribution in [0.15, 0.2) is 48.2 Å². The molecule has 2 aromatic rings. The third-order valence-corrected chi connectivity index (χ3v) is 3.48. The number of anilines is 1. The Balaban J connectivity index is 2.27. The molecule has 2 aromatic carbocycles. The molecule has 0 spiro atoms. The van der Waals surface area contributed by atoms with Gasteiger partial charge in [-0.1, -0.05) is 30.3 Å². The van der Waals surface area contributed by atoms with Gasteiger partial charge in [0.25, 0.3) is 0 Å². The summed E-state index contributed by atoms with van der Waals surface area (Å²) in [7, 11) is 0. The molecule has 0 radical (unpaired) electrons. The summed E-state index contributed by atoms with van der Waals surface area (Å²) in [4.78, 5) is 10.5. The maximum absolute atomic E-state index is 10.5. The Bertz CT molecular complexity index is 633. The predicted octanol–water partition coefficient (Wildman–Crippen LogP) is 3.63. The van der Waals surface area contributed by atoms with Crippen molar-refractivity contribution < 1.29 is 4.79 Å². The topological polar surface area (TPSA) is 29.1 Å². The minimum Gasteiger partial charge on any atom is -0.357 e. The van der Waals surface area contributed by atoms with Crippen molar-refractivity contribution >= 4 is 34.3 Å². The van der Waals surface area contributed by atoms with E-state index >= 15 is 0 Å². The van der Waals surface area contributed by atoms with E-state index in [9.17, 15) is 4.79 Å². The lowest BCUT2D eigenvalue weighted by Gasteiger charge is -2.06.